The Kier molecular flexibility index (Phi) is 3.79. The summed E-state index contributed by atoms with van der Waals surface area (Å²) >= 11 is 1.59. The summed E-state index contributed by atoms with van der Waals surface area (Å²) in [6.45, 7) is 1.33. The van der Waals surface area contributed by atoms with Gasteiger partial charge in [0.2, 0.25) is 11.7 Å². The Labute approximate surface area is 120 Å². The minimum atomic E-state index is -0.198. The monoisotopic (exact) mass is 293 g/mol. The van der Waals surface area contributed by atoms with Crippen molar-refractivity contribution in [1.82, 2.24) is 15.0 Å². The van der Waals surface area contributed by atoms with Crippen molar-refractivity contribution >= 4 is 17.3 Å². The highest BCUT2D eigenvalue weighted by Crippen LogP contribution is 2.22. The molecule has 0 aliphatic carbocycles. The zero-order chi connectivity index (χ0) is 13.9. The lowest BCUT2D eigenvalue weighted by Crippen LogP contribution is -2.36. The molecule has 0 aromatic carbocycles. The molecule has 1 aliphatic rings. The molecule has 1 atom stereocenters. The van der Waals surface area contributed by atoms with Gasteiger partial charge in [-0.3, -0.25) is 9.69 Å². The lowest BCUT2D eigenvalue weighted by molar-refractivity contribution is -0.146. The van der Waals surface area contributed by atoms with Gasteiger partial charge in [-0.25, -0.2) is 0 Å². The van der Waals surface area contributed by atoms with Crippen LogP contribution in [0.15, 0.2) is 21.3 Å². The fraction of sp³-hybridized carbons (Fsp3) is 0.462. The van der Waals surface area contributed by atoms with Crippen LogP contribution in [0.3, 0.4) is 0 Å². The Balaban J connectivity index is 1.70. The third-order valence-corrected chi connectivity index (χ3v) is 4.11. The standard InChI is InChI=1S/C13H15N3O3S/c1-18-13(17)10-3-2-5-16(10)7-11-14-12(15-19-11)9-4-6-20-8-9/h4,6,8,10H,2-3,5,7H2,1H3/t10-/m1/s1. The summed E-state index contributed by atoms with van der Waals surface area (Å²) in [7, 11) is 1.42. The van der Waals surface area contributed by atoms with Crippen molar-refractivity contribution in [3.05, 3.63) is 22.7 Å². The van der Waals surface area contributed by atoms with Gasteiger partial charge < -0.3 is 9.26 Å². The molecular weight excluding hydrogens is 278 g/mol. The molecule has 1 saturated heterocycles. The first kappa shape index (κ1) is 13.3. The van der Waals surface area contributed by atoms with Crippen LogP contribution < -0.4 is 0 Å². The maximum Gasteiger partial charge on any atom is 0.323 e. The van der Waals surface area contributed by atoms with Crippen LogP contribution in [0.2, 0.25) is 0 Å². The fourth-order valence-electron chi connectivity index (χ4n) is 2.42. The molecule has 0 amide bonds. The highest BCUT2D eigenvalue weighted by Gasteiger charge is 2.32. The number of hydrogen-bond donors (Lipinski definition) is 0. The number of nitrogens with zero attached hydrogens (tertiary/aromatic N) is 3. The Morgan fingerprint density at radius 3 is 3.30 bits per heavy atom. The molecule has 1 aliphatic heterocycles. The molecule has 20 heavy (non-hydrogen) atoms. The van der Waals surface area contributed by atoms with Crippen LogP contribution in [0.1, 0.15) is 18.7 Å². The molecule has 0 radical (unpaired) electrons. The van der Waals surface area contributed by atoms with E-state index >= 15 is 0 Å². The quantitative estimate of drug-likeness (QED) is 0.802. The van der Waals surface area contributed by atoms with Crippen LogP contribution in [0.25, 0.3) is 11.4 Å². The molecule has 7 heteroatoms. The zero-order valence-corrected chi connectivity index (χ0v) is 11.9. The van der Waals surface area contributed by atoms with Gasteiger partial charge >= 0.3 is 5.97 Å². The first-order valence-electron chi connectivity index (χ1n) is 6.45. The van der Waals surface area contributed by atoms with E-state index in [4.69, 9.17) is 9.26 Å². The molecule has 0 spiro atoms. The maximum absolute atomic E-state index is 11.7. The van der Waals surface area contributed by atoms with E-state index in [0.717, 1.165) is 24.9 Å². The highest BCUT2D eigenvalue weighted by molar-refractivity contribution is 7.08. The summed E-state index contributed by atoms with van der Waals surface area (Å²) in [5.74, 6) is 0.928. The molecule has 6 nitrogen and oxygen atoms in total. The summed E-state index contributed by atoms with van der Waals surface area (Å²) in [6.07, 6.45) is 1.80. The van der Waals surface area contributed by atoms with E-state index in [1.54, 1.807) is 11.3 Å². The van der Waals surface area contributed by atoms with Gasteiger partial charge in [0.1, 0.15) is 6.04 Å². The fourth-order valence-corrected chi connectivity index (χ4v) is 3.05. The SMILES string of the molecule is COC(=O)[C@H]1CCCN1Cc1nc(-c2ccsc2)no1. The number of esters is 1. The molecular formula is C13H15N3O3S. The summed E-state index contributed by atoms with van der Waals surface area (Å²) < 4.78 is 10.1. The first-order valence-corrected chi connectivity index (χ1v) is 7.39. The maximum atomic E-state index is 11.7. The summed E-state index contributed by atoms with van der Waals surface area (Å²) in [6, 6.07) is 1.75. The molecule has 0 unspecified atom stereocenters. The number of ether oxygens (including phenoxy) is 1. The predicted molar refractivity (Wildman–Crippen MR) is 73.1 cm³/mol. The smallest absolute Gasteiger partial charge is 0.323 e. The molecule has 106 valence electrons. The van der Waals surface area contributed by atoms with Crippen molar-refractivity contribution in [1.29, 1.82) is 0 Å². The molecule has 0 N–H and O–H groups in total. The van der Waals surface area contributed by atoms with Crippen LogP contribution in [0.4, 0.5) is 0 Å². The van der Waals surface area contributed by atoms with Crippen molar-refractivity contribution in [2.75, 3.05) is 13.7 Å². The van der Waals surface area contributed by atoms with Gasteiger partial charge in [-0.05, 0) is 30.8 Å². The van der Waals surface area contributed by atoms with Crippen molar-refractivity contribution in [2.45, 2.75) is 25.4 Å². The topological polar surface area (TPSA) is 68.5 Å². The van der Waals surface area contributed by atoms with Crippen LogP contribution in [-0.4, -0.2) is 40.7 Å². The molecule has 0 bridgehead atoms. The molecule has 2 aromatic heterocycles. The van der Waals surface area contributed by atoms with Gasteiger partial charge in [-0.1, -0.05) is 5.16 Å². The lowest BCUT2D eigenvalue weighted by atomic mass is 10.2. The second-order valence-electron chi connectivity index (χ2n) is 4.68. The predicted octanol–water partition coefficient (Wildman–Crippen LogP) is 1.94. The van der Waals surface area contributed by atoms with Crippen LogP contribution >= 0.6 is 11.3 Å². The molecule has 3 rings (SSSR count). The van der Waals surface area contributed by atoms with E-state index in [1.807, 2.05) is 21.7 Å². The van der Waals surface area contributed by atoms with E-state index in [2.05, 4.69) is 10.1 Å². The number of thiophene rings is 1. The second-order valence-corrected chi connectivity index (χ2v) is 5.46. The van der Waals surface area contributed by atoms with Crippen molar-refractivity contribution in [3.63, 3.8) is 0 Å². The van der Waals surface area contributed by atoms with Gasteiger partial charge in [0, 0.05) is 10.9 Å². The Hall–Kier alpha value is -1.73. The Morgan fingerprint density at radius 2 is 2.55 bits per heavy atom. The van der Waals surface area contributed by atoms with Crippen LogP contribution in [0.5, 0.6) is 0 Å². The van der Waals surface area contributed by atoms with E-state index in [9.17, 15) is 4.79 Å². The number of aromatic nitrogens is 2. The molecule has 3 heterocycles. The van der Waals surface area contributed by atoms with E-state index in [-0.39, 0.29) is 12.0 Å². The number of hydrogen-bond acceptors (Lipinski definition) is 7. The average molecular weight is 293 g/mol. The van der Waals surface area contributed by atoms with Crippen molar-refractivity contribution in [3.8, 4) is 11.4 Å². The van der Waals surface area contributed by atoms with Gasteiger partial charge in [-0.15, -0.1) is 0 Å². The first-order chi connectivity index (χ1) is 9.78. The van der Waals surface area contributed by atoms with E-state index < -0.39 is 0 Å². The lowest BCUT2D eigenvalue weighted by Gasteiger charge is -2.19. The van der Waals surface area contributed by atoms with Crippen molar-refractivity contribution in [2.24, 2.45) is 0 Å². The van der Waals surface area contributed by atoms with Crippen LogP contribution in [-0.2, 0) is 16.1 Å². The second kappa shape index (κ2) is 5.72. The van der Waals surface area contributed by atoms with Crippen molar-refractivity contribution < 1.29 is 14.1 Å². The third kappa shape index (κ3) is 2.59. The number of rotatable bonds is 4. The zero-order valence-electron chi connectivity index (χ0n) is 11.1. The minimum absolute atomic E-state index is 0.194. The molecule has 2 aromatic rings. The molecule has 0 saturated carbocycles. The van der Waals surface area contributed by atoms with Gasteiger partial charge in [-0.2, -0.15) is 16.3 Å². The van der Waals surface area contributed by atoms with E-state index in [0.29, 0.717) is 18.3 Å². The molecule has 1 fully saturated rings. The highest BCUT2D eigenvalue weighted by atomic mass is 32.1. The number of carbonyl (C=O) groups excluding carboxylic acids is 1. The summed E-state index contributed by atoms with van der Waals surface area (Å²) in [5, 5.41) is 7.91. The van der Waals surface area contributed by atoms with Crippen LogP contribution in [0, 0.1) is 0 Å². The average Bonchev–Trinajstić information content (AvgIpc) is 3.19. The third-order valence-electron chi connectivity index (χ3n) is 3.42. The number of carbonyl (C=O) groups is 1. The normalized spacial score (nSPS) is 19.4. The van der Waals surface area contributed by atoms with Gasteiger partial charge in [0.15, 0.2) is 0 Å². The van der Waals surface area contributed by atoms with E-state index in [1.165, 1.54) is 7.11 Å². The largest absolute Gasteiger partial charge is 0.468 e. The number of methoxy groups -OCH3 is 1. The Bertz CT molecular complexity index is 581. The van der Waals surface area contributed by atoms with Gasteiger partial charge in [0.25, 0.3) is 0 Å². The summed E-state index contributed by atoms with van der Waals surface area (Å²) in [5.41, 5.74) is 0.955. The summed E-state index contributed by atoms with van der Waals surface area (Å²) in [4.78, 5) is 18.1. The van der Waals surface area contributed by atoms with Gasteiger partial charge in [0.05, 0.1) is 13.7 Å². The minimum Gasteiger partial charge on any atom is -0.468 e. The Morgan fingerprint density at radius 1 is 1.65 bits per heavy atom. The number of likely N-dealkylation sites (tertiary alicyclic amines) is 1.